The summed E-state index contributed by atoms with van der Waals surface area (Å²) in [6, 6.07) is 2.97. The van der Waals surface area contributed by atoms with Gasteiger partial charge in [-0.1, -0.05) is 19.8 Å². The minimum absolute atomic E-state index is 0.0501. The van der Waals surface area contributed by atoms with Crippen LogP contribution in [0, 0.1) is 17.6 Å². The quantitative estimate of drug-likeness (QED) is 0.618. The standard InChI is InChI=1S/C15H19BrF2/c1-2-3-10-4-6-11(7-5-10)12-8-13(17)15(16)14(18)9-12/h8-11H,2-7H2,1H3. The summed E-state index contributed by atoms with van der Waals surface area (Å²) < 4.78 is 27.0. The first kappa shape index (κ1) is 14.0. The van der Waals surface area contributed by atoms with E-state index in [1.165, 1.54) is 37.8 Å². The van der Waals surface area contributed by atoms with E-state index < -0.39 is 11.6 Å². The Hall–Kier alpha value is -0.440. The second-order valence-corrected chi connectivity index (χ2v) is 6.10. The monoisotopic (exact) mass is 316 g/mol. The SMILES string of the molecule is CCCC1CCC(c2cc(F)c(Br)c(F)c2)CC1. The van der Waals surface area contributed by atoms with Crippen molar-refractivity contribution in [1.29, 1.82) is 0 Å². The summed E-state index contributed by atoms with van der Waals surface area (Å²) in [5.41, 5.74) is 0.822. The number of hydrogen-bond acceptors (Lipinski definition) is 0. The fourth-order valence-corrected chi connectivity index (χ4v) is 3.23. The van der Waals surface area contributed by atoms with E-state index >= 15 is 0 Å². The van der Waals surface area contributed by atoms with Crippen LogP contribution in [0.25, 0.3) is 0 Å². The van der Waals surface area contributed by atoms with E-state index in [4.69, 9.17) is 0 Å². The van der Waals surface area contributed by atoms with Gasteiger partial charge in [0.15, 0.2) is 0 Å². The molecule has 0 radical (unpaired) electrons. The Bertz CT molecular complexity index is 386. The minimum Gasteiger partial charge on any atom is -0.206 e. The van der Waals surface area contributed by atoms with E-state index in [0.29, 0.717) is 5.92 Å². The predicted octanol–water partition coefficient (Wildman–Crippen LogP) is 5.80. The number of hydrogen-bond donors (Lipinski definition) is 0. The average Bonchev–Trinajstić information content (AvgIpc) is 2.37. The Labute approximate surface area is 116 Å². The molecule has 0 nitrogen and oxygen atoms in total. The second kappa shape index (κ2) is 6.14. The number of rotatable bonds is 3. The molecule has 1 aliphatic rings. The Morgan fingerprint density at radius 3 is 2.17 bits per heavy atom. The Kier molecular flexibility index (Phi) is 4.77. The molecule has 1 aliphatic carbocycles. The third-order valence-corrected chi connectivity index (χ3v) is 4.78. The summed E-state index contributed by atoms with van der Waals surface area (Å²) in [5, 5.41) is 0. The molecule has 0 atom stereocenters. The third-order valence-electron chi connectivity index (χ3n) is 4.02. The maximum atomic E-state index is 13.5. The molecule has 0 N–H and O–H groups in total. The van der Waals surface area contributed by atoms with Gasteiger partial charge in [-0.05, 0) is 71.1 Å². The van der Waals surface area contributed by atoms with Gasteiger partial charge < -0.3 is 0 Å². The summed E-state index contributed by atoms with van der Waals surface area (Å²) in [4.78, 5) is 0. The van der Waals surface area contributed by atoms with Crippen molar-refractivity contribution < 1.29 is 8.78 Å². The zero-order valence-corrected chi connectivity index (χ0v) is 12.3. The summed E-state index contributed by atoms with van der Waals surface area (Å²) in [6.07, 6.45) is 7.03. The molecule has 0 amide bonds. The van der Waals surface area contributed by atoms with Crippen LogP contribution in [0.3, 0.4) is 0 Å². The molecule has 0 spiro atoms. The van der Waals surface area contributed by atoms with Crippen LogP contribution in [0.5, 0.6) is 0 Å². The number of benzene rings is 1. The molecular weight excluding hydrogens is 298 g/mol. The van der Waals surface area contributed by atoms with Gasteiger partial charge in [-0.15, -0.1) is 0 Å². The van der Waals surface area contributed by atoms with E-state index in [1.54, 1.807) is 0 Å². The van der Waals surface area contributed by atoms with Crippen molar-refractivity contribution in [3.8, 4) is 0 Å². The highest BCUT2D eigenvalue weighted by atomic mass is 79.9. The lowest BCUT2D eigenvalue weighted by molar-refractivity contribution is 0.307. The van der Waals surface area contributed by atoms with Crippen LogP contribution in [-0.4, -0.2) is 0 Å². The molecule has 100 valence electrons. The highest BCUT2D eigenvalue weighted by molar-refractivity contribution is 9.10. The van der Waals surface area contributed by atoms with Crippen molar-refractivity contribution in [1.82, 2.24) is 0 Å². The van der Waals surface area contributed by atoms with Gasteiger partial charge in [0.25, 0.3) is 0 Å². The molecule has 1 fully saturated rings. The number of halogens is 3. The highest BCUT2D eigenvalue weighted by Crippen LogP contribution is 2.38. The summed E-state index contributed by atoms with van der Waals surface area (Å²) in [6.45, 7) is 2.21. The molecule has 1 aromatic carbocycles. The van der Waals surface area contributed by atoms with E-state index in [2.05, 4.69) is 22.9 Å². The zero-order chi connectivity index (χ0) is 13.1. The van der Waals surface area contributed by atoms with E-state index in [9.17, 15) is 8.78 Å². The topological polar surface area (TPSA) is 0 Å². The fourth-order valence-electron chi connectivity index (χ4n) is 3.00. The molecule has 0 heterocycles. The second-order valence-electron chi connectivity index (χ2n) is 5.30. The summed E-state index contributed by atoms with van der Waals surface area (Å²) >= 11 is 2.92. The van der Waals surface area contributed by atoms with Crippen molar-refractivity contribution in [2.75, 3.05) is 0 Å². The lowest BCUT2D eigenvalue weighted by Gasteiger charge is -2.28. The van der Waals surface area contributed by atoms with Crippen molar-refractivity contribution >= 4 is 15.9 Å². The lowest BCUT2D eigenvalue weighted by atomic mass is 9.77. The molecular formula is C15H19BrF2. The van der Waals surface area contributed by atoms with Gasteiger partial charge in [0.05, 0.1) is 4.47 Å². The van der Waals surface area contributed by atoms with Gasteiger partial charge in [-0.3, -0.25) is 0 Å². The lowest BCUT2D eigenvalue weighted by Crippen LogP contribution is -2.13. The van der Waals surface area contributed by atoms with Crippen LogP contribution in [0.15, 0.2) is 16.6 Å². The largest absolute Gasteiger partial charge is 0.206 e. The van der Waals surface area contributed by atoms with Gasteiger partial charge in [0.2, 0.25) is 0 Å². The van der Waals surface area contributed by atoms with Gasteiger partial charge >= 0.3 is 0 Å². The van der Waals surface area contributed by atoms with Crippen molar-refractivity contribution in [2.24, 2.45) is 5.92 Å². The molecule has 3 heteroatoms. The minimum atomic E-state index is -0.485. The maximum absolute atomic E-state index is 13.5. The first-order chi connectivity index (χ1) is 8.61. The molecule has 18 heavy (non-hydrogen) atoms. The van der Waals surface area contributed by atoms with E-state index in [1.807, 2.05) is 0 Å². The molecule has 0 aliphatic heterocycles. The van der Waals surface area contributed by atoms with E-state index in [-0.39, 0.29) is 4.47 Å². The van der Waals surface area contributed by atoms with Crippen LogP contribution in [0.4, 0.5) is 8.78 Å². The molecule has 2 rings (SSSR count). The first-order valence-electron chi connectivity index (χ1n) is 6.76. The van der Waals surface area contributed by atoms with Crippen LogP contribution >= 0.6 is 15.9 Å². The molecule has 0 aromatic heterocycles. The normalized spacial score (nSPS) is 24.2. The summed E-state index contributed by atoms with van der Waals surface area (Å²) in [7, 11) is 0. The maximum Gasteiger partial charge on any atom is 0.140 e. The van der Waals surface area contributed by atoms with Crippen LogP contribution < -0.4 is 0 Å². The van der Waals surface area contributed by atoms with Crippen molar-refractivity contribution in [2.45, 2.75) is 51.4 Å². The Morgan fingerprint density at radius 2 is 1.67 bits per heavy atom. The van der Waals surface area contributed by atoms with Crippen LogP contribution in [-0.2, 0) is 0 Å². The Morgan fingerprint density at radius 1 is 1.11 bits per heavy atom. The van der Waals surface area contributed by atoms with E-state index in [0.717, 1.165) is 24.3 Å². The van der Waals surface area contributed by atoms with Crippen molar-refractivity contribution in [3.63, 3.8) is 0 Å². The third kappa shape index (κ3) is 3.11. The molecule has 0 bridgehead atoms. The first-order valence-corrected chi connectivity index (χ1v) is 7.55. The fraction of sp³-hybridized carbons (Fsp3) is 0.600. The molecule has 0 unspecified atom stereocenters. The molecule has 1 aromatic rings. The predicted molar refractivity (Wildman–Crippen MR) is 73.7 cm³/mol. The average molecular weight is 317 g/mol. The van der Waals surface area contributed by atoms with Gasteiger partial charge in [0.1, 0.15) is 11.6 Å². The van der Waals surface area contributed by atoms with Crippen molar-refractivity contribution in [3.05, 3.63) is 33.8 Å². The zero-order valence-electron chi connectivity index (χ0n) is 10.7. The van der Waals surface area contributed by atoms with Gasteiger partial charge in [0, 0.05) is 0 Å². The summed E-state index contributed by atoms with van der Waals surface area (Å²) in [5.74, 6) is 0.174. The van der Waals surface area contributed by atoms with Crippen LogP contribution in [0.2, 0.25) is 0 Å². The van der Waals surface area contributed by atoms with Gasteiger partial charge in [-0.25, -0.2) is 8.78 Å². The molecule has 0 saturated heterocycles. The molecule has 1 saturated carbocycles. The Balaban J connectivity index is 2.05. The van der Waals surface area contributed by atoms with Crippen LogP contribution in [0.1, 0.15) is 56.9 Å². The van der Waals surface area contributed by atoms with Gasteiger partial charge in [-0.2, -0.15) is 0 Å². The highest BCUT2D eigenvalue weighted by Gasteiger charge is 2.23. The smallest absolute Gasteiger partial charge is 0.140 e.